The molecule has 1 N–H and O–H groups in total. The molecular weight excluding hydrogens is 304 g/mol. The molecule has 21 heavy (non-hydrogen) atoms. The van der Waals surface area contributed by atoms with Crippen LogP contribution in [0.15, 0.2) is 30.3 Å². The first-order valence-corrected chi connectivity index (χ1v) is 6.56. The van der Waals surface area contributed by atoms with Crippen molar-refractivity contribution in [3.05, 3.63) is 35.9 Å². The van der Waals surface area contributed by atoms with E-state index in [1.807, 2.05) is 18.2 Å². The minimum atomic E-state index is -1.49. The van der Waals surface area contributed by atoms with Gasteiger partial charge in [0, 0.05) is 5.92 Å². The number of benzene rings is 1. The summed E-state index contributed by atoms with van der Waals surface area (Å²) >= 11 is 0. The highest BCUT2D eigenvalue weighted by Crippen LogP contribution is 2.40. The summed E-state index contributed by atoms with van der Waals surface area (Å²) in [7, 11) is 1.33. The molecule has 0 amide bonds. The third-order valence-electron chi connectivity index (χ3n) is 3.91. The number of ether oxygens (including phenoxy) is 1. The Hall–Kier alpha value is -0.650. The summed E-state index contributed by atoms with van der Waals surface area (Å²) < 4.78 is 4.83. The zero-order valence-corrected chi connectivity index (χ0v) is 13.8. The summed E-state index contributed by atoms with van der Waals surface area (Å²) in [6.45, 7) is 0. The maximum atomic E-state index is 12.1. The molecule has 1 aliphatic carbocycles. The number of hydrogen-bond acceptors (Lipinski definition) is 3. The van der Waals surface area contributed by atoms with E-state index < -0.39 is 11.6 Å². The first-order chi connectivity index (χ1) is 8.69. The van der Waals surface area contributed by atoms with Gasteiger partial charge < -0.3 is 9.84 Å². The van der Waals surface area contributed by atoms with Crippen molar-refractivity contribution in [3.8, 4) is 0 Å². The minimum Gasteiger partial charge on any atom is -0.467 e. The number of aliphatic hydroxyl groups is 1. The van der Waals surface area contributed by atoms with Gasteiger partial charge in [0.05, 0.1) is 7.11 Å². The Bertz CT molecular complexity index is 405. The lowest BCUT2D eigenvalue weighted by Gasteiger charge is -2.36. The molecule has 1 fully saturated rings. The van der Waals surface area contributed by atoms with Crippen molar-refractivity contribution in [2.24, 2.45) is 5.92 Å². The Labute approximate surface area is 142 Å². The van der Waals surface area contributed by atoms with Gasteiger partial charge in [0.2, 0.25) is 0 Å². The molecule has 1 aromatic rings. The van der Waals surface area contributed by atoms with E-state index in [2.05, 4.69) is 0 Å². The van der Waals surface area contributed by atoms with Gasteiger partial charge in [-0.15, -0.1) is 0 Å². The summed E-state index contributed by atoms with van der Waals surface area (Å²) in [5.74, 6) is -0.582. The van der Waals surface area contributed by atoms with Crippen LogP contribution >= 0.6 is 27.0 Å². The number of hydrogen-bond donors (Lipinski definition) is 1. The van der Waals surface area contributed by atoms with Gasteiger partial charge in [-0.1, -0.05) is 57.0 Å². The topological polar surface area (TPSA) is 46.5 Å². The Kier molecular flexibility index (Phi) is 10.9. The average molecular weight is 333 g/mol. The molecule has 1 saturated carbocycles. The molecule has 122 valence electrons. The number of esters is 1. The van der Waals surface area contributed by atoms with E-state index in [0.717, 1.165) is 25.7 Å². The predicted octanol–water partition coefficient (Wildman–Crippen LogP) is 3.49. The van der Waals surface area contributed by atoms with E-state index in [0.29, 0.717) is 5.56 Å². The van der Waals surface area contributed by atoms with Crippen LogP contribution in [0, 0.1) is 5.92 Å². The summed E-state index contributed by atoms with van der Waals surface area (Å²) in [5, 5.41) is 10.9. The molecule has 0 saturated heterocycles. The predicted molar refractivity (Wildman–Crippen MR) is 96.4 cm³/mol. The van der Waals surface area contributed by atoms with Crippen LogP contribution in [0.2, 0.25) is 0 Å². The van der Waals surface area contributed by atoms with Gasteiger partial charge in [-0.3, -0.25) is 0 Å². The molecule has 5 heteroatoms. The number of rotatable bonds is 3. The highest BCUT2D eigenvalue weighted by atomic mass is 32.1. The summed E-state index contributed by atoms with van der Waals surface area (Å²) in [4.78, 5) is 12.1. The van der Waals surface area contributed by atoms with Gasteiger partial charge in [-0.25, -0.2) is 4.79 Å². The molecule has 0 aromatic heterocycles. The van der Waals surface area contributed by atoms with Gasteiger partial charge in [0.1, 0.15) is 0 Å². The lowest BCUT2D eigenvalue weighted by Crippen LogP contribution is -2.44. The third kappa shape index (κ3) is 4.66. The van der Waals surface area contributed by atoms with E-state index in [9.17, 15) is 9.90 Å². The van der Waals surface area contributed by atoms with Crippen LogP contribution < -0.4 is 0 Å². The molecule has 3 nitrogen and oxygen atoms in total. The van der Waals surface area contributed by atoms with Crippen molar-refractivity contribution in [2.75, 3.05) is 7.11 Å². The zero-order valence-electron chi connectivity index (χ0n) is 11.8. The molecule has 0 heterocycles. The second kappa shape index (κ2) is 10.1. The highest BCUT2D eigenvalue weighted by Gasteiger charge is 2.46. The van der Waals surface area contributed by atoms with Gasteiger partial charge in [-0.2, -0.15) is 27.0 Å². The maximum Gasteiger partial charge on any atom is 0.342 e. The average Bonchev–Trinajstić information content (AvgIpc) is 2.47. The van der Waals surface area contributed by atoms with Gasteiger partial charge in [-0.05, 0) is 18.4 Å². The van der Waals surface area contributed by atoms with Crippen LogP contribution in [-0.2, 0) is 15.1 Å². The molecule has 0 spiro atoms. The molecule has 0 unspecified atom stereocenters. The van der Waals surface area contributed by atoms with E-state index in [-0.39, 0.29) is 40.3 Å². The Morgan fingerprint density at radius 3 is 2.14 bits per heavy atom. The van der Waals surface area contributed by atoms with Gasteiger partial charge >= 0.3 is 5.97 Å². The molecule has 0 radical (unpaired) electrons. The molecule has 0 aliphatic heterocycles. The summed E-state index contributed by atoms with van der Waals surface area (Å²) in [6.07, 6.45) is 5.07. The first-order valence-electron chi connectivity index (χ1n) is 6.56. The van der Waals surface area contributed by atoms with E-state index in [1.165, 1.54) is 13.5 Å². The molecule has 1 aliphatic rings. The maximum absolute atomic E-state index is 12.1. The Morgan fingerprint density at radius 1 is 1.14 bits per heavy atom. The van der Waals surface area contributed by atoms with Crippen molar-refractivity contribution in [2.45, 2.75) is 45.1 Å². The quantitative estimate of drug-likeness (QED) is 0.862. The van der Waals surface area contributed by atoms with E-state index in [1.54, 1.807) is 12.1 Å². The summed E-state index contributed by atoms with van der Waals surface area (Å²) in [6, 6.07) is 9.15. The minimum absolute atomic E-state index is 0. The standard InChI is InChI=1S/C15H20O3.CH4.2H2S/c1-18-14(16)15(17,12-8-4-2-5-9-12)13-10-6-3-7-11-13;;;/h2,4-5,8-9,13,17H,3,6-7,10-11H2,1H3;1H4;2*1H2/t15-;;;/m0.../s1. The molecule has 1 aromatic carbocycles. The number of methoxy groups -OCH3 is 1. The highest BCUT2D eigenvalue weighted by molar-refractivity contribution is 7.59. The van der Waals surface area contributed by atoms with Gasteiger partial charge in [0.15, 0.2) is 5.60 Å². The van der Waals surface area contributed by atoms with Crippen LogP contribution in [-0.4, -0.2) is 18.2 Å². The molecule has 0 bridgehead atoms. The lowest BCUT2D eigenvalue weighted by molar-refractivity contribution is -0.172. The van der Waals surface area contributed by atoms with Crippen LogP contribution in [0.25, 0.3) is 0 Å². The fourth-order valence-corrected chi connectivity index (χ4v) is 2.89. The Morgan fingerprint density at radius 2 is 1.67 bits per heavy atom. The second-order valence-corrected chi connectivity index (χ2v) is 4.96. The smallest absolute Gasteiger partial charge is 0.342 e. The fourth-order valence-electron chi connectivity index (χ4n) is 2.89. The van der Waals surface area contributed by atoms with Gasteiger partial charge in [0.25, 0.3) is 0 Å². The monoisotopic (exact) mass is 332 g/mol. The second-order valence-electron chi connectivity index (χ2n) is 4.96. The van der Waals surface area contributed by atoms with Crippen molar-refractivity contribution >= 4 is 33.0 Å². The van der Waals surface area contributed by atoms with E-state index in [4.69, 9.17) is 4.74 Å². The fraction of sp³-hybridized carbons (Fsp3) is 0.562. The Balaban J connectivity index is 0. The number of carbonyl (C=O) groups is 1. The van der Waals surface area contributed by atoms with Crippen molar-refractivity contribution in [3.63, 3.8) is 0 Å². The van der Waals surface area contributed by atoms with Crippen LogP contribution in [0.3, 0.4) is 0 Å². The van der Waals surface area contributed by atoms with Crippen molar-refractivity contribution in [1.29, 1.82) is 0 Å². The normalized spacial score (nSPS) is 17.2. The van der Waals surface area contributed by atoms with Crippen molar-refractivity contribution < 1.29 is 14.6 Å². The van der Waals surface area contributed by atoms with Crippen molar-refractivity contribution in [1.82, 2.24) is 0 Å². The molecule has 1 atom stereocenters. The molecular formula is C16H28O3S2. The van der Waals surface area contributed by atoms with E-state index >= 15 is 0 Å². The van der Waals surface area contributed by atoms with Crippen LogP contribution in [0.5, 0.6) is 0 Å². The van der Waals surface area contributed by atoms with Crippen LogP contribution in [0.4, 0.5) is 0 Å². The zero-order chi connectivity index (χ0) is 13.0. The lowest BCUT2D eigenvalue weighted by atomic mass is 9.73. The van der Waals surface area contributed by atoms with Crippen LogP contribution in [0.1, 0.15) is 45.1 Å². The largest absolute Gasteiger partial charge is 0.467 e. The summed E-state index contributed by atoms with van der Waals surface area (Å²) in [5.41, 5.74) is -0.847. The SMILES string of the molecule is C.COC(=O)[C@](O)(c1ccccc1)C1CCCCC1.S.S. The first kappa shape index (κ1) is 22.6. The molecule has 2 rings (SSSR count). The number of carbonyl (C=O) groups excluding carboxylic acids is 1. The third-order valence-corrected chi connectivity index (χ3v) is 3.91.